The predicted octanol–water partition coefficient (Wildman–Crippen LogP) is 3.22. The molecule has 3 heteroatoms. The molecule has 0 saturated heterocycles. The lowest BCUT2D eigenvalue weighted by Crippen LogP contribution is -2.00. The van der Waals surface area contributed by atoms with E-state index in [1.807, 2.05) is 6.07 Å². The topological polar surface area (TPSA) is 23.8 Å². The third-order valence-electron chi connectivity index (χ3n) is 2.53. The van der Waals surface area contributed by atoms with E-state index in [-0.39, 0.29) is 10.6 Å². The normalized spacial score (nSPS) is 29.6. The van der Waals surface area contributed by atoms with Crippen LogP contribution in [0.1, 0.15) is 13.3 Å². The zero-order valence-corrected chi connectivity index (χ0v) is 8.64. The lowest BCUT2D eigenvalue weighted by Gasteiger charge is -2.06. The van der Waals surface area contributed by atoms with Crippen LogP contribution in [0, 0.1) is 23.1 Å². The van der Waals surface area contributed by atoms with Gasteiger partial charge < -0.3 is 0 Å². The summed E-state index contributed by atoms with van der Waals surface area (Å²) in [7, 11) is 0. The van der Waals surface area contributed by atoms with E-state index in [0.29, 0.717) is 5.92 Å². The van der Waals surface area contributed by atoms with Crippen LogP contribution in [-0.4, -0.2) is 4.75 Å². The first-order chi connectivity index (χ1) is 6.66. The highest BCUT2D eigenvalue weighted by Gasteiger charge is 2.52. The van der Waals surface area contributed by atoms with Gasteiger partial charge in [0.15, 0.2) is 0 Å². The summed E-state index contributed by atoms with van der Waals surface area (Å²) in [5, 5.41) is 8.99. The first-order valence-electron chi connectivity index (χ1n) is 4.52. The van der Waals surface area contributed by atoms with Gasteiger partial charge in [0, 0.05) is 4.90 Å². The van der Waals surface area contributed by atoms with E-state index in [1.165, 1.54) is 23.9 Å². The van der Waals surface area contributed by atoms with E-state index in [0.717, 1.165) is 11.3 Å². The summed E-state index contributed by atoms with van der Waals surface area (Å²) >= 11 is 1.48. The van der Waals surface area contributed by atoms with Crippen LogP contribution in [0.3, 0.4) is 0 Å². The molecule has 0 bridgehead atoms. The van der Waals surface area contributed by atoms with Crippen molar-refractivity contribution in [3.63, 3.8) is 0 Å². The molecule has 0 radical (unpaired) electrons. The van der Waals surface area contributed by atoms with Gasteiger partial charge in [-0.05, 0) is 30.5 Å². The van der Waals surface area contributed by atoms with E-state index in [4.69, 9.17) is 5.26 Å². The molecule has 2 unspecified atom stereocenters. The molecular weight excluding hydrogens is 197 g/mol. The third kappa shape index (κ3) is 1.62. The third-order valence-corrected chi connectivity index (χ3v) is 4.04. The summed E-state index contributed by atoms with van der Waals surface area (Å²) in [6.07, 6.45) is 0.907. The second kappa shape index (κ2) is 3.29. The molecule has 0 amide bonds. The Morgan fingerprint density at radius 2 is 2.36 bits per heavy atom. The molecule has 2 rings (SSSR count). The molecule has 2 atom stereocenters. The van der Waals surface area contributed by atoms with Gasteiger partial charge in [0.1, 0.15) is 10.6 Å². The molecule has 1 aromatic carbocycles. The summed E-state index contributed by atoms with van der Waals surface area (Å²) in [6, 6.07) is 8.73. The Morgan fingerprint density at radius 3 is 2.86 bits per heavy atom. The van der Waals surface area contributed by atoms with Crippen LogP contribution in [0.5, 0.6) is 0 Å². The number of halogens is 1. The largest absolute Gasteiger partial charge is 0.207 e. The Hall–Kier alpha value is -1.01. The number of hydrogen-bond acceptors (Lipinski definition) is 2. The van der Waals surface area contributed by atoms with Crippen molar-refractivity contribution in [3.8, 4) is 6.07 Å². The van der Waals surface area contributed by atoms with Crippen molar-refractivity contribution in [1.82, 2.24) is 0 Å². The lowest BCUT2D eigenvalue weighted by atomic mass is 10.3. The minimum Gasteiger partial charge on any atom is -0.207 e. The molecule has 0 aromatic heterocycles. The van der Waals surface area contributed by atoms with E-state index in [1.54, 1.807) is 6.07 Å². The van der Waals surface area contributed by atoms with Gasteiger partial charge in [-0.2, -0.15) is 5.26 Å². The zero-order chi connectivity index (χ0) is 10.2. The molecule has 1 nitrogen and oxygen atoms in total. The highest BCUT2D eigenvalue weighted by Crippen LogP contribution is 2.56. The summed E-state index contributed by atoms with van der Waals surface area (Å²) in [5.74, 6) is 0.178. The summed E-state index contributed by atoms with van der Waals surface area (Å²) in [6.45, 7) is 2.05. The fraction of sp³-hybridized carbons (Fsp3) is 0.364. The van der Waals surface area contributed by atoms with Crippen molar-refractivity contribution in [2.75, 3.05) is 0 Å². The summed E-state index contributed by atoms with van der Waals surface area (Å²) < 4.78 is 12.6. The smallest absolute Gasteiger partial charge is 0.124 e. The number of nitriles is 1. The van der Waals surface area contributed by atoms with Crippen LogP contribution in [-0.2, 0) is 0 Å². The van der Waals surface area contributed by atoms with E-state index >= 15 is 0 Å². The van der Waals surface area contributed by atoms with Gasteiger partial charge >= 0.3 is 0 Å². The number of thioether (sulfide) groups is 1. The fourth-order valence-electron chi connectivity index (χ4n) is 1.46. The maximum atomic E-state index is 12.9. The molecule has 1 aliphatic rings. The van der Waals surface area contributed by atoms with Crippen molar-refractivity contribution in [2.24, 2.45) is 5.92 Å². The number of nitrogens with zero attached hydrogens (tertiary/aromatic N) is 1. The Balaban J connectivity index is 2.16. The van der Waals surface area contributed by atoms with Crippen LogP contribution in [0.25, 0.3) is 0 Å². The molecule has 1 saturated carbocycles. The highest BCUT2D eigenvalue weighted by molar-refractivity contribution is 8.01. The van der Waals surface area contributed by atoms with Gasteiger partial charge in [0.05, 0.1) is 6.07 Å². The summed E-state index contributed by atoms with van der Waals surface area (Å²) in [4.78, 5) is 0.843. The van der Waals surface area contributed by atoms with Crippen molar-refractivity contribution >= 4 is 11.8 Å². The average Bonchev–Trinajstić information content (AvgIpc) is 2.77. The standard InChI is InChI=1S/C11H10FNS/c1-8-6-11(8,7-13)14-10-4-2-3-9(12)5-10/h2-5,8H,6H2,1H3. The van der Waals surface area contributed by atoms with Gasteiger partial charge in [0.2, 0.25) is 0 Å². The number of rotatable bonds is 2. The number of hydrogen-bond donors (Lipinski definition) is 0. The maximum Gasteiger partial charge on any atom is 0.124 e. The molecule has 0 spiro atoms. The van der Waals surface area contributed by atoms with Crippen LogP contribution >= 0.6 is 11.8 Å². The minimum atomic E-state index is -0.298. The second-order valence-electron chi connectivity index (χ2n) is 3.67. The van der Waals surface area contributed by atoms with Crippen LogP contribution in [0.4, 0.5) is 4.39 Å². The van der Waals surface area contributed by atoms with E-state index in [2.05, 4.69) is 13.0 Å². The van der Waals surface area contributed by atoms with Gasteiger partial charge in [-0.25, -0.2) is 4.39 Å². The molecule has 0 aliphatic heterocycles. The zero-order valence-electron chi connectivity index (χ0n) is 7.83. The quantitative estimate of drug-likeness (QED) is 0.743. The van der Waals surface area contributed by atoms with Gasteiger partial charge in [-0.15, -0.1) is 11.8 Å². The van der Waals surface area contributed by atoms with Crippen LogP contribution in [0.2, 0.25) is 0 Å². The lowest BCUT2D eigenvalue weighted by molar-refractivity contribution is 0.624. The molecule has 14 heavy (non-hydrogen) atoms. The van der Waals surface area contributed by atoms with E-state index in [9.17, 15) is 4.39 Å². The summed E-state index contributed by atoms with van der Waals surface area (Å²) in [5.41, 5.74) is 0. The van der Waals surface area contributed by atoms with Gasteiger partial charge in [-0.1, -0.05) is 13.0 Å². The first-order valence-corrected chi connectivity index (χ1v) is 5.34. The van der Waals surface area contributed by atoms with Gasteiger partial charge in [-0.3, -0.25) is 0 Å². The van der Waals surface area contributed by atoms with Crippen molar-refractivity contribution in [1.29, 1.82) is 5.26 Å². The Morgan fingerprint density at radius 1 is 1.64 bits per heavy atom. The molecular formula is C11H10FNS. The molecule has 1 fully saturated rings. The van der Waals surface area contributed by atoms with Gasteiger partial charge in [0.25, 0.3) is 0 Å². The van der Waals surface area contributed by atoms with Crippen molar-refractivity contribution in [3.05, 3.63) is 30.1 Å². The first kappa shape index (κ1) is 9.54. The molecule has 1 aliphatic carbocycles. The van der Waals surface area contributed by atoms with Crippen LogP contribution < -0.4 is 0 Å². The second-order valence-corrected chi connectivity index (χ2v) is 5.07. The molecule has 0 heterocycles. The number of benzene rings is 1. The minimum absolute atomic E-state index is 0.239. The molecule has 72 valence electrons. The van der Waals surface area contributed by atoms with Crippen molar-refractivity contribution in [2.45, 2.75) is 23.0 Å². The Labute approximate surface area is 86.9 Å². The molecule has 0 N–H and O–H groups in total. The van der Waals surface area contributed by atoms with Crippen molar-refractivity contribution < 1.29 is 4.39 Å². The monoisotopic (exact) mass is 207 g/mol. The Kier molecular flexibility index (Phi) is 2.24. The highest BCUT2D eigenvalue weighted by atomic mass is 32.2. The Bertz CT molecular complexity index is 399. The average molecular weight is 207 g/mol. The SMILES string of the molecule is CC1CC1(C#N)Sc1cccc(F)c1. The van der Waals surface area contributed by atoms with E-state index < -0.39 is 0 Å². The molecule has 1 aromatic rings. The predicted molar refractivity (Wildman–Crippen MR) is 54.4 cm³/mol. The fourth-order valence-corrected chi connectivity index (χ4v) is 2.78. The van der Waals surface area contributed by atoms with Crippen LogP contribution in [0.15, 0.2) is 29.2 Å². The maximum absolute atomic E-state index is 12.9.